The summed E-state index contributed by atoms with van der Waals surface area (Å²) < 4.78 is 0. The molecule has 0 spiro atoms. The lowest BCUT2D eigenvalue weighted by Crippen LogP contribution is -2.15. The fourth-order valence-corrected chi connectivity index (χ4v) is 2.26. The molecule has 0 fully saturated rings. The van der Waals surface area contributed by atoms with Crippen LogP contribution in [0.4, 0.5) is 11.5 Å². The van der Waals surface area contributed by atoms with Gasteiger partial charge in [-0.3, -0.25) is 0 Å². The molecule has 0 N–H and O–H groups in total. The van der Waals surface area contributed by atoms with Crippen molar-refractivity contribution in [3.05, 3.63) is 46.4 Å². The van der Waals surface area contributed by atoms with E-state index in [4.69, 9.17) is 11.6 Å². The van der Waals surface area contributed by atoms with Gasteiger partial charge < -0.3 is 4.90 Å². The van der Waals surface area contributed by atoms with Crippen molar-refractivity contribution >= 4 is 23.1 Å². The van der Waals surface area contributed by atoms with Gasteiger partial charge in [-0.2, -0.15) is 0 Å². The second-order valence-corrected chi connectivity index (χ2v) is 5.17. The average Bonchev–Trinajstić information content (AvgIpc) is 2.49. The van der Waals surface area contributed by atoms with Gasteiger partial charge in [0.1, 0.15) is 16.8 Å². The van der Waals surface area contributed by atoms with Gasteiger partial charge in [0.25, 0.3) is 0 Å². The van der Waals surface area contributed by atoms with Gasteiger partial charge in [-0.15, -0.1) is 0 Å². The lowest BCUT2D eigenvalue weighted by atomic mass is 10.1. The summed E-state index contributed by atoms with van der Waals surface area (Å²) in [6.07, 6.45) is 1.82. The largest absolute Gasteiger partial charge is 0.329 e. The number of nitrogens with zero attached hydrogens (tertiary/aromatic N) is 3. The zero-order chi connectivity index (χ0) is 14.7. The van der Waals surface area contributed by atoms with Gasteiger partial charge in [-0.05, 0) is 31.0 Å². The van der Waals surface area contributed by atoms with Gasteiger partial charge in [0.05, 0.1) is 0 Å². The topological polar surface area (TPSA) is 29.0 Å². The number of hydrogen-bond donors (Lipinski definition) is 0. The Morgan fingerprint density at radius 1 is 1.05 bits per heavy atom. The van der Waals surface area contributed by atoms with Gasteiger partial charge in [0.2, 0.25) is 0 Å². The van der Waals surface area contributed by atoms with Crippen molar-refractivity contribution in [1.82, 2.24) is 9.97 Å². The summed E-state index contributed by atoms with van der Waals surface area (Å²) in [5, 5.41) is 0.531. The third kappa shape index (κ3) is 2.93. The van der Waals surface area contributed by atoms with Crippen molar-refractivity contribution in [2.45, 2.75) is 33.6 Å². The molecule has 0 aliphatic carbocycles. The van der Waals surface area contributed by atoms with Crippen molar-refractivity contribution in [3.63, 3.8) is 0 Å². The Hall–Kier alpha value is -1.61. The van der Waals surface area contributed by atoms with Crippen LogP contribution in [0.2, 0.25) is 5.15 Å². The molecule has 0 aliphatic rings. The molecule has 0 aliphatic heterocycles. The molecule has 106 valence electrons. The minimum Gasteiger partial charge on any atom is -0.329 e. The molecule has 0 unspecified atom stereocenters. The lowest BCUT2D eigenvalue weighted by Gasteiger charge is -2.21. The van der Waals surface area contributed by atoms with Crippen LogP contribution in [0.3, 0.4) is 0 Å². The monoisotopic (exact) mass is 289 g/mol. The van der Waals surface area contributed by atoms with Crippen LogP contribution in [0.25, 0.3) is 0 Å². The van der Waals surface area contributed by atoms with Crippen LogP contribution >= 0.6 is 11.6 Å². The van der Waals surface area contributed by atoms with Gasteiger partial charge in [-0.1, -0.05) is 37.6 Å². The smallest absolute Gasteiger partial charge is 0.140 e. The molecule has 2 rings (SSSR count). The molecule has 0 saturated carbocycles. The second kappa shape index (κ2) is 6.23. The number of hydrogen-bond acceptors (Lipinski definition) is 3. The summed E-state index contributed by atoms with van der Waals surface area (Å²) in [7, 11) is 2.01. The Morgan fingerprint density at radius 2 is 1.70 bits per heavy atom. The quantitative estimate of drug-likeness (QED) is 0.785. The highest BCUT2D eigenvalue weighted by molar-refractivity contribution is 6.30. The zero-order valence-electron chi connectivity index (χ0n) is 12.4. The summed E-state index contributed by atoms with van der Waals surface area (Å²) in [6.45, 7) is 6.13. The highest BCUT2D eigenvalue weighted by Gasteiger charge is 2.13. The molecular weight excluding hydrogens is 270 g/mol. The minimum absolute atomic E-state index is 0.531. The van der Waals surface area contributed by atoms with Gasteiger partial charge >= 0.3 is 0 Å². The van der Waals surface area contributed by atoms with E-state index >= 15 is 0 Å². The summed E-state index contributed by atoms with van der Waals surface area (Å²) in [5.74, 6) is 1.64. The first-order valence-electron chi connectivity index (χ1n) is 6.92. The number of halogens is 1. The Morgan fingerprint density at radius 3 is 2.25 bits per heavy atom. The number of rotatable bonds is 4. The Kier molecular flexibility index (Phi) is 4.61. The van der Waals surface area contributed by atoms with Crippen LogP contribution in [0.15, 0.2) is 24.3 Å². The Balaban J connectivity index is 2.41. The molecule has 0 radical (unpaired) electrons. The van der Waals surface area contributed by atoms with E-state index < -0.39 is 0 Å². The van der Waals surface area contributed by atoms with E-state index in [-0.39, 0.29) is 0 Å². The molecule has 0 saturated heterocycles. The van der Waals surface area contributed by atoms with Gasteiger partial charge in [0.15, 0.2) is 0 Å². The maximum atomic E-state index is 6.20. The summed E-state index contributed by atoms with van der Waals surface area (Å²) in [5.41, 5.74) is 3.34. The van der Waals surface area contributed by atoms with Gasteiger partial charge in [0, 0.05) is 24.7 Å². The van der Waals surface area contributed by atoms with E-state index in [0.717, 1.165) is 35.7 Å². The van der Waals surface area contributed by atoms with Crippen molar-refractivity contribution in [2.24, 2.45) is 0 Å². The standard InChI is InChI=1S/C16H20ClN3/c1-5-12-7-9-13(10-8-12)20(4)16-11(3)15(17)18-14(6-2)19-16/h7-10H,5-6H2,1-4H3. The number of aryl methyl sites for hydroxylation is 2. The van der Waals surface area contributed by atoms with E-state index in [1.165, 1.54) is 5.56 Å². The summed E-state index contributed by atoms with van der Waals surface area (Å²) >= 11 is 6.20. The van der Waals surface area contributed by atoms with Crippen molar-refractivity contribution in [3.8, 4) is 0 Å². The molecular formula is C16H20ClN3. The van der Waals surface area contributed by atoms with E-state index in [1.54, 1.807) is 0 Å². The fraction of sp³-hybridized carbons (Fsp3) is 0.375. The summed E-state index contributed by atoms with van der Waals surface area (Å²) in [4.78, 5) is 10.9. The maximum absolute atomic E-state index is 6.20. The van der Waals surface area contributed by atoms with Crippen LogP contribution in [-0.2, 0) is 12.8 Å². The second-order valence-electron chi connectivity index (χ2n) is 4.81. The number of anilines is 2. The first-order chi connectivity index (χ1) is 9.56. The minimum atomic E-state index is 0.531. The highest BCUT2D eigenvalue weighted by Crippen LogP contribution is 2.28. The van der Waals surface area contributed by atoms with Crippen LogP contribution in [-0.4, -0.2) is 17.0 Å². The van der Waals surface area contributed by atoms with Crippen LogP contribution in [0.1, 0.15) is 30.8 Å². The fourth-order valence-electron chi connectivity index (χ4n) is 2.08. The molecule has 1 aromatic carbocycles. The van der Waals surface area contributed by atoms with E-state index in [1.807, 2.05) is 20.9 Å². The average molecular weight is 290 g/mol. The molecule has 3 nitrogen and oxygen atoms in total. The molecule has 0 bridgehead atoms. The van der Waals surface area contributed by atoms with Gasteiger partial charge in [-0.25, -0.2) is 9.97 Å². The van der Waals surface area contributed by atoms with E-state index in [0.29, 0.717) is 5.15 Å². The van der Waals surface area contributed by atoms with Crippen LogP contribution in [0.5, 0.6) is 0 Å². The lowest BCUT2D eigenvalue weighted by molar-refractivity contribution is 0.915. The molecule has 0 amide bonds. The molecule has 2 aromatic rings. The predicted molar refractivity (Wildman–Crippen MR) is 85.0 cm³/mol. The zero-order valence-corrected chi connectivity index (χ0v) is 13.2. The predicted octanol–water partition coefficient (Wildman–Crippen LogP) is 4.33. The van der Waals surface area contributed by atoms with Crippen molar-refractivity contribution in [1.29, 1.82) is 0 Å². The van der Waals surface area contributed by atoms with Crippen LogP contribution in [0, 0.1) is 6.92 Å². The number of benzene rings is 1. The maximum Gasteiger partial charge on any atom is 0.140 e. The Bertz CT molecular complexity index is 593. The SMILES string of the molecule is CCc1ccc(N(C)c2nc(CC)nc(Cl)c2C)cc1. The normalized spacial score (nSPS) is 10.7. The number of aromatic nitrogens is 2. The third-order valence-electron chi connectivity index (χ3n) is 3.47. The van der Waals surface area contributed by atoms with Crippen LogP contribution < -0.4 is 4.90 Å². The van der Waals surface area contributed by atoms with E-state index in [2.05, 4.69) is 46.1 Å². The van der Waals surface area contributed by atoms with Crippen molar-refractivity contribution < 1.29 is 0 Å². The summed E-state index contributed by atoms with van der Waals surface area (Å²) in [6, 6.07) is 8.51. The molecule has 4 heteroatoms. The first kappa shape index (κ1) is 14.8. The highest BCUT2D eigenvalue weighted by atomic mass is 35.5. The Labute approximate surface area is 125 Å². The molecule has 1 aromatic heterocycles. The molecule has 1 heterocycles. The molecule has 20 heavy (non-hydrogen) atoms. The molecule has 0 atom stereocenters. The third-order valence-corrected chi connectivity index (χ3v) is 3.84. The first-order valence-corrected chi connectivity index (χ1v) is 7.30. The van der Waals surface area contributed by atoms with E-state index in [9.17, 15) is 0 Å². The van der Waals surface area contributed by atoms with Crippen molar-refractivity contribution in [2.75, 3.05) is 11.9 Å².